The number of nitrogens with zero attached hydrogens (tertiary/aromatic N) is 2. The molecule has 1 aromatic rings. The molecule has 0 atom stereocenters. The molecule has 0 aromatic carbocycles. The van der Waals surface area contributed by atoms with Gasteiger partial charge in [0, 0.05) is 12.4 Å². The number of pyridine rings is 1. The second-order valence-corrected chi connectivity index (χ2v) is 2.71. The van der Waals surface area contributed by atoms with Gasteiger partial charge in [0.25, 0.3) is 0 Å². The Balaban J connectivity index is 3.02. The van der Waals surface area contributed by atoms with Crippen molar-refractivity contribution in [2.75, 3.05) is 5.73 Å². The van der Waals surface area contributed by atoms with Crippen molar-refractivity contribution < 1.29 is 0 Å². The van der Waals surface area contributed by atoms with Crippen LogP contribution in [0.15, 0.2) is 41.7 Å². The van der Waals surface area contributed by atoms with E-state index >= 15 is 0 Å². The fourth-order valence-corrected chi connectivity index (χ4v) is 1.12. The van der Waals surface area contributed by atoms with E-state index < -0.39 is 0 Å². The van der Waals surface area contributed by atoms with E-state index in [0.29, 0.717) is 5.82 Å². The van der Waals surface area contributed by atoms with Crippen LogP contribution in [-0.4, -0.2) is 11.7 Å². The highest BCUT2D eigenvalue weighted by Crippen LogP contribution is 2.16. The van der Waals surface area contributed by atoms with Crippen LogP contribution in [0.4, 0.5) is 5.82 Å². The summed E-state index contributed by atoms with van der Waals surface area (Å²) in [4.78, 5) is 7.58. The quantitative estimate of drug-likeness (QED) is 0.583. The van der Waals surface area contributed by atoms with Gasteiger partial charge in [-0.05, 0) is 43.0 Å². The zero-order valence-corrected chi connectivity index (χ0v) is 8.14. The Bertz CT molecular complexity index is 378. The lowest BCUT2D eigenvalue weighted by molar-refractivity contribution is 1.32. The van der Waals surface area contributed by atoms with Crippen LogP contribution in [-0.2, 0) is 0 Å². The van der Waals surface area contributed by atoms with Gasteiger partial charge < -0.3 is 5.73 Å². The van der Waals surface area contributed by atoms with Crippen molar-refractivity contribution in [2.45, 2.75) is 6.92 Å². The zero-order valence-electron chi connectivity index (χ0n) is 8.14. The topological polar surface area (TPSA) is 51.3 Å². The Labute approximate surface area is 83.7 Å². The van der Waals surface area contributed by atoms with Crippen molar-refractivity contribution in [3.05, 3.63) is 42.2 Å². The van der Waals surface area contributed by atoms with Crippen LogP contribution in [0.1, 0.15) is 12.5 Å². The molecule has 0 radical (unpaired) electrons. The van der Waals surface area contributed by atoms with Crippen LogP contribution >= 0.6 is 0 Å². The molecule has 0 saturated heterocycles. The number of anilines is 1. The van der Waals surface area contributed by atoms with Crippen molar-refractivity contribution >= 4 is 18.1 Å². The van der Waals surface area contributed by atoms with E-state index in [0.717, 1.165) is 11.1 Å². The summed E-state index contributed by atoms with van der Waals surface area (Å²) in [5.41, 5.74) is 7.66. The summed E-state index contributed by atoms with van der Waals surface area (Å²) >= 11 is 0. The monoisotopic (exact) mass is 187 g/mol. The van der Waals surface area contributed by atoms with E-state index in [9.17, 15) is 0 Å². The Morgan fingerprint density at radius 3 is 3.00 bits per heavy atom. The van der Waals surface area contributed by atoms with Gasteiger partial charge in [-0.25, -0.2) is 4.98 Å². The van der Waals surface area contributed by atoms with Crippen LogP contribution in [0, 0.1) is 0 Å². The van der Waals surface area contributed by atoms with Gasteiger partial charge in [-0.2, -0.15) is 0 Å². The molecule has 0 spiro atoms. The SMILES string of the molecule is C=N/C=C\C(=C/C)c1ccnc(N)c1. The fraction of sp³-hybridized carbons (Fsp3) is 0.0909. The van der Waals surface area contributed by atoms with Gasteiger partial charge in [0.2, 0.25) is 0 Å². The highest BCUT2D eigenvalue weighted by Gasteiger charge is 1.96. The van der Waals surface area contributed by atoms with E-state index in [1.807, 2.05) is 31.2 Å². The summed E-state index contributed by atoms with van der Waals surface area (Å²) in [5.74, 6) is 0.516. The predicted molar refractivity (Wildman–Crippen MR) is 61.0 cm³/mol. The van der Waals surface area contributed by atoms with Crippen LogP contribution < -0.4 is 5.73 Å². The number of nitrogens with two attached hydrogens (primary N) is 1. The molecular weight excluding hydrogens is 174 g/mol. The number of allylic oxidation sites excluding steroid dienone is 3. The third-order valence-electron chi connectivity index (χ3n) is 1.78. The lowest BCUT2D eigenvalue weighted by Crippen LogP contribution is -1.90. The fourth-order valence-electron chi connectivity index (χ4n) is 1.12. The molecule has 0 aliphatic carbocycles. The molecule has 1 aromatic heterocycles. The van der Waals surface area contributed by atoms with Crippen LogP contribution in [0.3, 0.4) is 0 Å². The number of hydrogen-bond donors (Lipinski definition) is 1. The van der Waals surface area contributed by atoms with Gasteiger partial charge >= 0.3 is 0 Å². The van der Waals surface area contributed by atoms with Gasteiger partial charge in [0.15, 0.2) is 0 Å². The normalized spacial score (nSPS) is 11.9. The summed E-state index contributed by atoms with van der Waals surface area (Å²) in [7, 11) is 0. The van der Waals surface area contributed by atoms with Crippen LogP contribution in [0.25, 0.3) is 5.57 Å². The summed E-state index contributed by atoms with van der Waals surface area (Å²) in [6, 6.07) is 3.72. The maximum Gasteiger partial charge on any atom is 0.123 e. The number of aromatic nitrogens is 1. The molecule has 3 heteroatoms. The Morgan fingerprint density at radius 1 is 1.64 bits per heavy atom. The van der Waals surface area contributed by atoms with Crippen molar-refractivity contribution in [2.24, 2.45) is 4.99 Å². The molecule has 0 aliphatic rings. The number of aliphatic imine (C=N–C) groups is 1. The minimum atomic E-state index is 0.516. The zero-order chi connectivity index (χ0) is 10.4. The largest absolute Gasteiger partial charge is 0.384 e. The lowest BCUT2D eigenvalue weighted by atomic mass is 10.1. The molecule has 2 N–H and O–H groups in total. The molecular formula is C11H13N3. The van der Waals surface area contributed by atoms with Gasteiger partial charge in [0.05, 0.1) is 0 Å². The van der Waals surface area contributed by atoms with Crippen molar-refractivity contribution in [3.63, 3.8) is 0 Å². The first-order valence-corrected chi connectivity index (χ1v) is 4.28. The number of hydrogen-bond acceptors (Lipinski definition) is 3. The first-order chi connectivity index (χ1) is 6.77. The maximum atomic E-state index is 5.58. The second-order valence-electron chi connectivity index (χ2n) is 2.71. The van der Waals surface area contributed by atoms with Crippen molar-refractivity contribution in [3.8, 4) is 0 Å². The minimum Gasteiger partial charge on any atom is -0.384 e. The highest BCUT2D eigenvalue weighted by atomic mass is 14.8. The summed E-state index contributed by atoms with van der Waals surface area (Å²) < 4.78 is 0. The van der Waals surface area contributed by atoms with Crippen LogP contribution in [0.2, 0.25) is 0 Å². The average molecular weight is 187 g/mol. The molecule has 0 unspecified atom stereocenters. The average Bonchev–Trinajstić information content (AvgIpc) is 2.19. The standard InChI is InChI=1S/C11H13N3/c1-3-9(4-6-13-2)10-5-7-14-11(12)8-10/h3-8H,2H2,1H3,(H2,12,14)/b6-4-,9-3+. The van der Waals surface area contributed by atoms with Crippen molar-refractivity contribution in [1.29, 1.82) is 0 Å². The first-order valence-electron chi connectivity index (χ1n) is 4.28. The van der Waals surface area contributed by atoms with E-state index in [-0.39, 0.29) is 0 Å². The Kier molecular flexibility index (Phi) is 3.61. The molecule has 0 saturated carbocycles. The van der Waals surface area contributed by atoms with E-state index in [1.54, 1.807) is 12.4 Å². The van der Waals surface area contributed by atoms with Gasteiger partial charge in [0.1, 0.15) is 5.82 Å². The molecule has 0 bridgehead atoms. The molecule has 3 nitrogen and oxygen atoms in total. The predicted octanol–water partition coefficient (Wildman–Crippen LogP) is 2.28. The maximum absolute atomic E-state index is 5.58. The third kappa shape index (κ3) is 2.55. The molecule has 0 fully saturated rings. The van der Waals surface area contributed by atoms with E-state index in [2.05, 4.69) is 16.7 Å². The summed E-state index contributed by atoms with van der Waals surface area (Å²) in [6.45, 7) is 5.33. The van der Waals surface area contributed by atoms with Gasteiger partial charge in [-0.1, -0.05) is 6.08 Å². The lowest BCUT2D eigenvalue weighted by Gasteiger charge is -2.01. The summed E-state index contributed by atoms with van der Waals surface area (Å²) in [6.07, 6.45) is 7.19. The molecule has 1 rings (SSSR count). The van der Waals surface area contributed by atoms with E-state index in [4.69, 9.17) is 5.73 Å². The number of nitrogen functional groups attached to an aromatic ring is 1. The molecule has 0 amide bonds. The second kappa shape index (κ2) is 4.97. The Hall–Kier alpha value is -1.90. The van der Waals surface area contributed by atoms with Crippen LogP contribution in [0.5, 0.6) is 0 Å². The third-order valence-corrected chi connectivity index (χ3v) is 1.78. The Morgan fingerprint density at radius 2 is 2.43 bits per heavy atom. The smallest absolute Gasteiger partial charge is 0.123 e. The molecule has 72 valence electrons. The van der Waals surface area contributed by atoms with Crippen molar-refractivity contribution in [1.82, 2.24) is 4.98 Å². The van der Waals surface area contributed by atoms with E-state index in [1.165, 1.54) is 0 Å². The highest BCUT2D eigenvalue weighted by molar-refractivity contribution is 5.74. The first kappa shape index (κ1) is 10.2. The van der Waals surface area contributed by atoms with Gasteiger partial charge in [-0.15, -0.1) is 0 Å². The summed E-state index contributed by atoms with van der Waals surface area (Å²) in [5, 5.41) is 0. The molecule has 0 aliphatic heterocycles. The molecule has 14 heavy (non-hydrogen) atoms. The van der Waals surface area contributed by atoms with Gasteiger partial charge in [-0.3, -0.25) is 4.99 Å². The minimum absolute atomic E-state index is 0.516. The molecule has 1 heterocycles. The number of rotatable bonds is 3.